The molecule has 1 N–H and O–H groups in total. The highest BCUT2D eigenvalue weighted by Gasteiger charge is 2.43. The van der Waals surface area contributed by atoms with Crippen molar-refractivity contribution in [2.24, 2.45) is 0 Å². The van der Waals surface area contributed by atoms with Crippen LogP contribution in [-0.2, 0) is 6.54 Å². The van der Waals surface area contributed by atoms with Gasteiger partial charge in [0.25, 0.3) is 0 Å². The van der Waals surface area contributed by atoms with E-state index in [1.54, 1.807) is 13.2 Å². The van der Waals surface area contributed by atoms with E-state index in [9.17, 15) is 8.78 Å². The van der Waals surface area contributed by atoms with Gasteiger partial charge in [0.15, 0.2) is 11.5 Å². The molecule has 0 saturated carbocycles. The van der Waals surface area contributed by atoms with Crippen LogP contribution in [0.1, 0.15) is 24.1 Å². The number of hydrogen-bond acceptors (Lipinski definition) is 4. The van der Waals surface area contributed by atoms with Gasteiger partial charge in [-0.1, -0.05) is 42.5 Å². The van der Waals surface area contributed by atoms with Gasteiger partial charge in [0.05, 0.1) is 7.11 Å². The number of alkyl halides is 2. The monoisotopic (exact) mass is 397 g/mol. The highest BCUT2D eigenvalue weighted by Crippen LogP contribution is 2.44. The number of fused-ring (bicyclic) bond motifs is 1. The summed E-state index contributed by atoms with van der Waals surface area (Å²) >= 11 is 0. The molecule has 0 unspecified atom stereocenters. The topological polar surface area (TPSA) is 39.7 Å². The van der Waals surface area contributed by atoms with Crippen LogP contribution in [-0.4, -0.2) is 13.4 Å². The molecule has 1 heterocycles. The molecular formula is C23H21F2NO3. The van der Waals surface area contributed by atoms with E-state index in [-0.39, 0.29) is 17.5 Å². The largest absolute Gasteiger partial charge is 0.586 e. The molecule has 1 atom stereocenters. The summed E-state index contributed by atoms with van der Waals surface area (Å²) in [5, 5.41) is 3.50. The lowest BCUT2D eigenvalue weighted by Gasteiger charge is -2.16. The van der Waals surface area contributed by atoms with Gasteiger partial charge in [0.1, 0.15) is 5.75 Å². The molecule has 1 aliphatic heterocycles. The standard InChI is InChI=1S/C23H21F2NO3/c1-15(17-6-4-3-5-7-17)26-14-16-8-10-20(27-2)19(12-16)18-9-11-21-22(13-18)29-23(24,25)28-21/h3-13,15,26H,14H2,1-2H3/t15-/m1/s1. The van der Waals surface area contributed by atoms with Crippen molar-refractivity contribution in [3.8, 4) is 28.4 Å². The number of halogens is 2. The molecule has 4 rings (SSSR count). The second-order valence-electron chi connectivity index (χ2n) is 6.88. The van der Waals surface area contributed by atoms with Crippen LogP contribution in [0.2, 0.25) is 0 Å². The summed E-state index contributed by atoms with van der Waals surface area (Å²) in [6.45, 7) is 2.76. The third-order valence-electron chi connectivity index (χ3n) is 4.89. The number of nitrogens with one attached hydrogen (secondary N) is 1. The van der Waals surface area contributed by atoms with Crippen molar-refractivity contribution < 1.29 is 23.0 Å². The zero-order chi connectivity index (χ0) is 20.4. The molecule has 0 spiro atoms. The smallest absolute Gasteiger partial charge is 0.496 e. The summed E-state index contributed by atoms with van der Waals surface area (Å²) in [5.41, 5.74) is 3.75. The van der Waals surface area contributed by atoms with Gasteiger partial charge in [0.2, 0.25) is 0 Å². The number of ether oxygens (including phenoxy) is 3. The molecule has 1 aliphatic rings. The van der Waals surface area contributed by atoms with E-state index in [4.69, 9.17) is 4.74 Å². The Hall–Kier alpha value is -3.12. The van der Waals surface area contributed by atoms with Gasteiger partial charge in [-0.3, -0.25) is 0 Å². The van der Waals surface area contributed by atoms with E-state index in [1.807, 2.05) is 36.4 Å². The molecule has 0 radical (unpaired) electrons. The fraction of sp³-hybridized carbons (Fsp3) is 0.217. The van der Waals surface area contributed by atoms with Crippen LogP contribution in [0, 0.1) is 0 Å². The van der Waals surface area contributed by atoms with Crippen molar-refractivity contribution in [2.75, 3.05) is 7.11 Å². The first-order valence-electron chi connectivity index (χ1n) is 9.31. The molecule has 3 aromatic rings. The summed E-state index contributed by atoms with van der Waals surface area (Å²) in [6, 6.07) is 21.0. The molecule has 0 aliphatic carbocycles. The van der Waals surface area contributed by atoms with E-state index in [0.29, 0.717) is 17.9 Å². The van der Waals surface area contributed by atoms with Crippen LogP contribution < -0.4 is 19.5 Å². The summed E-state index contributed by atoms with van der Waals surface area (Å²) < 4.78 is 41.2. The van der Waals surface area contributed by atoms with Crippen LogP contribution in [0.15, 0.2) is 66.7 Å². The maximum absolute atomic E-state index is 13.3. The fourth-order valence-electron chi connectivity index (χ4n) is 3.34. The molecule has 3 aromatic carbocycles. The van der Waals surface area contributed by atoms with Crippen LogP contribution in [0.5, 0.6) is 17.2 Å². The third kappa shape index (κ3) is 4.17. The third-order valence-corrected chi connectivity index (χ3v) is 4.89. The first kappa shape index (κ1) is 19.2. The Balaban J connectivity index is 1.57. The van der Waals surface area contributed by atoms with Crippen molar-refractivity contribution in [2.45, 2.75) is 25.8 Å². The maximum atomic E-state index is 13.3. The lowest BCUT2D eigenvalue weighted by molar-refractivity contribution is -0.286. The Labute approximate surface area is 168 Å². The minimum atomic E-state index is -3.63. The van der Waals surface area contributed by atoms with E-state index < -0.39 is 6.29 Å². The van der Waals surface area contributed by atoms with Gasteiger partial charge < -0.3 is 19.5 Å². The zero-order valence-corrected chi connectivity index (χ0v) is 16.1. The second kappa shape index (κ2) is 7.72. The second-order valence-corrected chi connectivity index (χ2v) is 6.88. The minimum Gasteiger partial charge on any atom is -0.496 e. The lowest BCUT2D eigenvalue weighted by atomic mass is 10.0. The van der Waals surface area contributed by atoms with Crippen molar-refractivity contribution in [3.05, 3.63) is 77.9 Å². The Kier molecular flexibility index (Phi) is 5.11. The molecule has 6 heteroatoms. The van der Waals surface area contributed by atoms with Gasteiger partial charge in [-0.15, -0.1) is 8.78 Å². The molecule has 0 amide bonds. The zero-order valence-electron chi connectivity index (χ0n) is 16.1. The SMILES string of the molecule is COc1ccc(CN[C@H](C)c2ccccc2)cc1-c1ccc2c(c1)OC(F)(F)O2. The normalized spacial score (nSPS) is 15.2. The van der Waals surface area contributed by atoms with Crippen LogP contribution >= 0.6 is 0 Å². The van der Waals surface area contributed by atoms with Crippen molar-refractivity contribution >= 4 is 0 Å². The summed E-state index contributed by atoms with van der Waals surface area (Å²) in [5.74, 6) is 0.679. The average Bonchev–Trinajstić information content (AvgIpc) is 3.05. The predicted molar refractivity (Wildman–Crippen MR) is 106 cm³/mol. The number of methoxy groups -OCH3 is 1. The average molecular weight is 397 g/mol. The Morgan fingerprint density at radius 3 is 2.48 bits per heavy atom. The quantitative estimate of drug-likeness (QED) is 0.593. The molecule has 0 saturated heterocycles. The Morgan fingerprint density at radius 2 is 1.72 bits per heavy atom. The summed E-state index contributed by atoms with van der Waals surface area (Å²) in [6.07, 6.45) is -3.63. The lowest BCUT2D eigenvalue weighted by Crippen LogP contribution is -2.25. The van der Waals surface area contributed by atoms with E-state index >= 15 is 0 Å². The first-order valence-corrected chi connectivity index (χ1v) is 9.31. The molecular weight excluding hydrogens is 376 g/mol. The summed E-state index contributed by atoms with van der Waals surface area (Å²) in [4.78, 5) is 0. The van der Waals surface area contributed by atoms with Crippen molar-refractivity contribution in [3.63, 3.8) is 0 Å². The van der Waals surface area contributed by atoms with Gasteiger partial charge in [-0.2, -0.15) is 0 Å². The van der Waals surface area contributed by atoms with Crippen LogP contribution in [0.4, 0.5) is 8.78 Å². The van der Waals surface area contributed by atoms with E-state index in [2.05, 4.69) is 33.8 Å². The van der Waals surface area contributed by atoms with Gasteiger partial charge in [-0.05, 0) is 47.9 Å². The van der Waals surface area contributed by atoms with Crippen molar-refractivity contribution in [1.29, 1.82) is 0 Å². The highest BCUT2D eigenvalue weighted by atomic mass is 19.3. The van der Waals surface area contributed by atoms with E-state index in [0.717, 1.165) is 11.1 Å². The fourth-order valence-corrected chi connectivity index (χ4v) is 3.34. The van der Waals surface area contributed by atoms with Crippen molar-refractivity contribution in [1.82, 2.24) is 5.32 Å². The molecule has 0 fully saturated rings. The number of benzene rings is 3. The van der Waals surface area contributed by atoms with Gasteiger partial charge in [0, 0.05) is 18.2 Å². The molecule has 0 bridgehead atoms. The van der Waals surface area contributed by atoms with Gasteiger partial charge in [-0.25, -0.2) is 0 Å². The predicted octanol–water partition coefficient (Wildman–Crippen LogP) is 5.53. The Bertz CT molecular complexity index is 1010. The minimum absolute atomic E-state index is 0.00998. The first-order chi connectivity index (χ1) is 13.9. The summed E-state index contributed by atoms with van der Waals surface area (Å²) in [7, 11) is 1.58. The Morgan fingerprint density at radius 1 is 0.966 bits per heavy atom. The highest BCUT2D eigenvalue weighted by molar-refractivity contribution is 5.73. The molecule has 4 nitrogen and oxygen atoms in total. The molecule has 0 aromatic heterocycles. The van der Waals surface area contributed by atoms with E-state index in [1.165, 1.54) is 17.7 Å². The van der Waals surface area contributed by atoms with Gasteiger partial charge >= 0.3 is 6.29 Å². The number of rotatable bonds is 6. The van der Waals surface area contributed by atoms with Crippen LogP contribution in [0.3, 0.4) is 0 Å². The maximum Gasteiger partial charge on any atom is 0.586 e. The molecule has 150 valence electrons. The van der Waals surface area contributed by atoms with Crippen LogP contribution in [0.25, 0.3) is 11.1 Å². The molecule has 29 heavy (non-hydrogen) atoms. The number of hydrogen-bond donors (Lipinski definition) is 1.